The van der Waals surface area contributed by atoms with Gasteiger partial charge in [-0.05, 0) is 25.2 Å². The normalized spacial score (nSPS) is 23.1. The fraction of sp³-hybridized carbons (Fsp3) is 0.750. The lowest BCUT2D eigenvalue weighted by molar-refractivity contribution is 0.133. The van der Waals surface area contributed by atoms with Crippen molar-refractivity contribution in [3.05, 3.63) is 15.6 Å². The van der Waals surface area contributed by atoms with E-state index >= 15 is 0 Å². The summed E-state index contributed by atoms with van der Waals surface area (Å²) >= 11 is 1.72. The van der Waals surface area contributed by atoms with Gasteiger partial charge in [0.15, 0.2) is 0 Å². The SMILES string of the molecule is CCOCc1nc2c(s1)C(N)CC(C)(C)C2. The van der Waals surface area contributed by atoms with Gasteiger partial charge in [-0.1, -0.05) is 13.8 Å². The fourth-order valence-corrected chi connectivity index (χ4v) is 3.32. The molecule has 16 heavy (non-hydrogen) atoms. The highest BCUT2D eigenvalue weighted by molar-refractivity contribution is 7.11. The van der Waals surface area contributed by atoms with Gasteiger partial charge in [0.2, 0.25) is 0 Å². The molecule has 1 aromatic rings. The molecular formula is C12H20N2OS. The summed E-state index contributed by atoms with van der Waals surface area (Å²) in [6.45, 7) is 7.89. The predicted octanol–water partition coefficient (Wildman–Crippen LogP) is 2.65. The summed E-state index contributed by atoms with van der Waals surface area (Å²) < 4.78 is 5.39. The first-order valence-electron chi connectivity index (χ1n) is 5.83. The van der Waals surface area contributed by atoms with Crippen molar-refractivity contribution in [3.63, 3.8) is 0 Å². The Bertz CT molecular complexity index is 373. The maximum atomic E-state index is 6.19. The Morgan fingerprint density at radius 1 is 1.56 bits per heavy atom. The van der Waals surface area contributed by atoms with E-state index in [2.05, 4.69) is 18.8 Å². The van der Waals surface area contributed by atoms with Crippen LogP contribution in [-0.2, 0) is 17.8 Å². The third-order valence-corrected chi connectivity index (χ3v) is 4.16. The smallest absolute Gasteiger partial charge is 0.119 e. The van der Waals surface area contributed by atoms with Crippen molar-refractivity contribution in [2.24, 2.45) is 11.1 Å². The lowest BCUT2D eigenvalue weighted by atomic mass is 9.77. The van der Waals surface area contributed by atoms with Crippen molar-refractivity contribution in [2.75, 3.05) is 6.61 Å². The second-order valence-electron chi connectivity index (χ2n) is 5.21. The van der Waals surface area contributed by atoms with E-state index in [-0.39, 0.29) is 11.5 Å². The zero-order chi connectivity index (χ0) is 11.8. The number of aromatic nitrogens is 1. The van der Waals surface area contributed by atoms with Gasteiger partial charge < -0.3 is 10.5 Å². The average molecular weight is 240 g/mol. The van der Waals surface area contributed by atoms with E-state index in [1.54, 1.807) is 11.3 Å². The van der Waals surface area contributed by atoms with Crippen molar-refractivity contribution >= 4 is 11.3 Å². The predicted molar refractivity (Wildman–Crippen MR) is 66.5 cm³/mol. The zero-order valence-electron chi connectivity index (χ0n) is 10.2. The molecule has 1 atom stereocenters. The highest BCUT2D eigenvalue weighted by Crippen LogP contribution is 2.41. The third kappa shape index (κ3) is 2.44. The fourth-order valence-electron chi connectivity index (χ4n) is 2.30. The Morgan fingerprint density at radius 3 is 3.00 bits per heavy atom. The minimum atomic E-state index is 0.159. The van der Waals surface area contributed by atoms with Crippen LogP contribution < -0.4 is 5.73 Å². The number of ether oxygens (including phenoxy) is 1. The summed E-state index contributed by atoms with van der Waals surface area (Å²) in [5, 5.41) is 1.07. The lowest BCUT2D eigenvalue weighted by Gasteiger charge is -2.32. The Labute approximate surface area is 101 Å². The minimum absolute atomic E-state index is 0.159. The van der Waals surface area contributed by atoms with Crippen molar-refractivity contribution in [1.29, 1.82) is 0 Å². The summed E-state index contributed by atoms with van der Waals surface area (Å²) in [6.07, 6.45) is 2.09. The molecule has 1 aliphatic carbocycles. The van der Waals surface area contributed by atoms with Crippen LogP contribution in [0.25, 0.3) is 0 Å². The van der Waals surface area contributed by atoms with Gasteiger partial charge in [0, 0.05) is 17.5 Å². The number of nitrogens with zero attached hydrogens (tertiary/aromatic N) is 1. The number of thiazole rings is 1. The van der Waals surface area contributed by atoms with E-state index < -0.39 is 0 Å². The molecule has 0 fully saturated rings. The average Bonchev–Trinajstić information content (AvgIpc) is 2.56. The molecule has 2 rings (SSSR count). The van der Waals surface area contributed by atoms with Crippen molar-refractivity contribution in [3.8, 4) is 0 Å². The second-order valence-corrected chi connectivity index (χ2v) is 6.32. The van der Waals surface area contributed by atoms with Gasteiger partial charge in [0.1, 0.15) is 5.01 Å². The molecule has 0 aromatic carbocycles. The third-order valence-electron chi connectivity index (χ3n) is 2.96. The zero-order valence-corrected chi connectivity index (χ0v) is 11.1. The number of nitrogens with two attached hydrogens (primary N) is 1. The van der Waals surface area contributed by atoms with Gasteiger partial charge >= 0.3 is 0 Å². The topological polar surface area (TPSA) is 48.1 Å². The van der Waals surface area contributed by atoms with Crippen molar-refractivity contribution in [1.82, 2.24) is 4.98 Å². The number of fused-ring (bicyclic) bond motifs is 1. The van der Waals surface area contributed by atoms with Crippen LogP contribution in [0.5, 0.6) is 0 Å². The molecular weight excluding hydrogens is 220 g/mol. The molecule has 2 N–H and O–H groups in total. The first-order chi connectivity index (χ1) is 7.52. The van der Waals surface area contributed by atoms with E-state index in [0.717, 1.165) is 24.5 Å². The quantitative estimate of drug-likeness (QED) is 0.883. The molecule has 0 saturated heterocycles. The molecule has 0 amide bonds. The molecule has 1 aliphatic rings. The van der Waals surface area contributed by atoms with E-state index in [1.165, 1.54) is 10.6 Å². The van der Waals surface area contributed by atoms with Crippen LogP contribution in [0.2, 0.25) is 0 Å². The molecule has 0 aliphatic heterocycles. The summed E-state index contributed by atoms with van der Waals surface area (Å²) in [5.74, 6) is 0. The number of hydrogen-bond donors (Lipinski definition) is 1. The van der Waals surface area contributed by atoms with E-state index in [4.69, 9.17) is 10.5 Å². The summed E-state index contributed by atoms with van der Waals surface area (Å²) in [6, 6.07) is 0.159. The van der Waals surface area contributed by atoms with Gasteiger partial charge in [-0.2, -0.15) is 0 Å². The van der Waals surface area contributed by atoms with Crippen LogP contribution in [0.15, 0.2) is 0 Å². The molecule has 1 unspecified atom stereocenters. The molecule has 0 saturated carbocycles. The first kappa shape index (κ1) is 12.0. The Kier molecular flexibility index (Phi) is 3.33. The van der Waals surface area contributed by atoms with Crippen LogP contribution >= 0.6 is 11.3 Å². The van der Waals surface area contributed by atoms with Gasteiger partial charge in [0.05, 0.1) is 12.3 Å². The maximum Gasteiger partial charge on any atom is 0.119 e. The summed E-state index contributed by atoms with van der Waals surface area (Å²) in [5.41, 5.74) is 7.67. The van der Waals surface area contributed by atoms with E-state index in [1.807, 2.05) is 6.92 Å². The molecule has 0 radical (unpaired) electrons. The lowest BCUT2D eigenvalue weighted by Crippen LogP contribution is -2.28. The maximum absolute atomic E-state index is 6.19. The van der Waals surface area contributed by atoms with Gasteiger partial charge in [-0.15, -0.1) is 11.3 Å². The van der Waals surface area contributed by atoms with Gasteiger partial charge in [0.25, 0.3) is 0 Å². The molecule has 3 nitrogen and oxygen atoms in total. The Morgan fingerprint density at radius 2 is 2.31 bits per heavy atom. The first-order valence-corrected chi connectivity index (χ1v) is 6.65. The highest BCUT2D eigenvalue weighted by Gasteiger charge is 2.33. The van der Waals surface area contributed by atoms with Gasteiger partial charge in [-0.3, -0.25) is 0 Å². The monoisotopic (exact) mass is 240 g/mol. The van der Waals surface area contributed by atoms with Crippen LogP contribution in [-0.4, -0.2) is 11.6 Å². The number of hydrogen-bond acceptors (Lipinski definition) is 4. The van der Waals surface area contributed by atoms with Crippen LogP contribution in [0.4, 0.5) is 0 Å². The molecule has 90 valence electrons. The minimum Gasteiger partial charge on any atom is -0.375 e. The van der Waals surface area contributed by atoms with Crippen LogP contribution in [0.1, 0.15) is 48.8 Å². The largest absolute Gasteiger partial charge is 0.375 e. The van der Waals surface area contributed by atoms with Gasteiger partial charge in [-0.25, -0.2) is 4.98 Å². The molecule has 1 heterocycles. The Hall–Kier alpha value is -0.450. The van der Waals surface area contributed by atoms with Crippen LogP contribution in [0.3, 0.4) is 0 Å². The second kappa shape index (κ2) is 4.43. The van der Waals surface area contributed by atoms with Crippen LogP contribution in [0, 0.1) is 5.41 Å². The molecule has 0 spiro atoms. The molecule has 1 aromatic heterocycles. The summed E-state index contributed by atoms with van der Waals surface area (Å²) in [7, 11) is 0. The standard InChI is InChI=1S/C12H20N2OS/c1-4-15-7-10-14-9-6-12(2,3)5-8(13)11(9)16-10/h8H,4-7,13H2,1-3H3. The molecule has 4 heteroatoms. The van der Waals surface area contributed by atoms with Crippen molar-refractivity contribution < 1.29 is 4.74 Å². The highest BCUT2D eigenvalue weighted by atomic mass is 32.1. The summed E-state index contributed by atoms with van der Waals surface area (Å²) in [4.78, 5) is 5.92. The Balaban J connectivity index is 2.20. The van der Waals surface area contributed by atoms with Crippen molar-refractivity contribution in [2.45, 2.75) is 46.3 Å². The number of rotatable bonds is 3. The van der Waals surface area contributed by atoms with E-state index in [0.29, 0.717) is 6.61 Å². The van der Waals surface area contributed by atoms with E-state index in [9.17, 15) is 0 Å². The molecule has 0 bridgehead atoms.